The fourth-order valence-corrected chi connectivity index (χ4v) is 1.72. The number of nitrogens with two attached hydrogens (primary N) is 1. The normalized spacial score (nSPS) is 11.0. The van der Waals surface area contributed by atoms with Gasteiger partial charge in [-0.25, -0.2) is 13.1 Å². The molecule has 1 aromatic carbocycles. The molecule has 7 heteroatoms. The highest BCUT2D eigenvalue weighted by molar-refractivity contribution is 7.89. The number of anilines is 1. The molecule has 0 saturated carbocycles. The van der Waals surface area contributed by atoms with Crippen LogP contribution >= 0.6 is 0 Å². The van der Waals surface area contributed by atoms with Crippen molar-refractivity contribution in [2.75, 3.05) is 12.4 Å². The molecule has 0 bridgehead atoms. The van der Waals surface area contributed by atoms with Crippen molar-refractivity contribution >= 4 is 21.7 Å². The summed E-state index contributed by atoms with van der Waals surface area (Å²) in [4.78, 5) is 0.166. The molecule has 6 nitrogen and oxygen atoms in total. The molecule has 1 rings (SSSR count). The number of nitrogens with one attached hydrogen (secondary N) is 3. The van der Waals surface area contributed by atoms with E-state index < -0.39 is 10.0 Å². The molecule has 0 aliphatic heterocycles. The molecule has 0 aromatic heterocycles. The maximum absolute atomic E-state index is 11.3. The number of hydrogen-bond donors (Lipinski definition) is 4. The molecular weight excluding hydrogens is 216 g/mol. The van der Waals surface area contributed by atoms with Crippen molar-refractivity contribution in [2.45, 2.75) is 4.90 Å². The lowest BCUT2D eigenvalue weighted by Crippen LogP contribution is -2.21. The quantitative estimate of drug-likeness (QED) is 0.428. The molecule has 0 atom stereocenters. The minimum Gasteiger partial charge on any atom is -0.370 e. The van der Waals surface area contributed by atoms with Gasteiger partial charge in [-0.15, -0.1) is 0 Å². The van der Waals surface area contributed by atoms with Gasteiger partial charge in [-0.1, -0.05) is 0 Å². The molecule has 15 heavy (non-hydrogen) atoms. The van der Waals surface area contributed by atoms with Crippen LogP contribution in [0.1, 0.15) is 0 Å². The van der Waals surface area contributed by atoms with Gasteiger partial charge in [0.25, 0.3) is 0 Å². The molecule has 82 valence electrons. The lowest BCUT2D eigenvalue weighted by Gasteiger charge is -2.05. The Morgan fingerprint density at radius 1 is 1.33 bits per heavy atom. The maximum Gasteiger partial charge on any atom is 0.240 e. The average Bonchev–Trinajstić information content (AvgIpc) is 2.18. The van der Waals surface area contributed by atoms with E-state index in [1.807, 2.05) is 0 Å². The topological polar surface area (TPSA) is 108 Å². The van der Waals surface area contributed by atoms with Crippen LogP contribution in [0, 0.1) is 5.41 Å². The highest BCUT2D eigenvalue weighted by Gasteiger charge is 2.10. The molecule has 0 radical (unpaired) electrons. The summed E-state index contributed by atoms with van der Waals surface area (Å²) >= 11 is 0. The average molecular weight is 228 g/mol. The largest absolute Gasteiger partial charge is 0.370 e. The van der Waals surface area contributed by atoms with Gasteiger partial charge in [0.05, 0.1) is 4.90 Å². The van der Waals surface area contributed by atoms with Gasteiger partial charge in [-0.2, -0.15) is 0 Å². The van der Waals surface area contributed by atoms with E-state index in [0.717, 1.165) is 0 Å². The number of benzene rings is 1. The van der Waals surface area contributed by atoms with Crippen molar-refractivity contribution in [1.29, 1.82) is 5.41 Å². The first-order valence-corrected chi connectivity index (χ1v) is 5.58. The van der Waals surface area contributed by atoms with Gasteiger partial charge in [0.2, 0.25) is 10.0 Å². The van der Waals surface area contributed by atoms with Crippen LogP contribution in [0.15, 0.2) is 29.2 Å². The van der Waals surface area contributed by atoms with E-state index in [2.05, 4.69) is 10.0 Å². The SMILES string of the molecule is CNS(=O)(=O)c1ccc(NC(=N)N)cc1. The van der Waals surface area contributed by atoms with Crippen molar-refractivity contribution in [3.8, 4) is 0 Å². The number of guanidine groups is 1. The van der Waals surface area contributed by atoms with Gasteiger partial charge in [-0.05, 0) is 31.3 Å². The van der Waals surface area contributed by atoms with Gasteiger partial charge in [0, 0.05) is 5.69 Å². The third kappa shape index (κ3) is 2.93. The lowest BCUT2D eigenvalue weighted by molar-refractivity contribution is 0.588. The second-order valence-electron chi connectivity index (χ2n) is 2.77. The molecule has 0 heterocycles. The van der Waals surface area contributed by atoms with Crippen LogP contribution in [0.5, 0.6) is 0 Å². The standard InChI is InChI=1S/C8H12N4O2S/c1-11-15(13,14)7-4-2-6(3-5-7)12-8(9)10/h2-5,11H,1H3,(H4,9,10,12). The van der Waals surface area contributed by atoms with Gasteiger partial charge in [0.15, 0.2) is 5.96 Å². The van der Waals surface area contributed by atoms with Gasteiger partial charge in [-0.3, -0.25) is 5.41 Å². The monoisotopic (exact) mass is 228 g/mol. The summed E-state index contributed by atoms with van der Waals surface area (Å²) < 4.78 is 24.9. The fourth-order valence-electron chi connectivity index (χ4n) is 0.991. The second-order valence-corrected chi connectivity index (χ2v) is 4.66. The minimum absolute atomic E-state index is 0.166. The first-order chi connectivity index (χ1) is 6.95. The highest BCUT2D eigenvalue weighted by atomic mass is 32.2. The third-order valence-corrected chi connectivity index (χ3v) is 3.14. The zero-order valence-corrected chi connectivity index (χ0v) is 8.93. The van der Waals surface area contributed by atoms with Crippen LogP contribution in [0.3, 0.4) is 0 Å². The van der Waals surface area contributed by atoms with E-state index in [4.69, 9.17) is 11.1 Å². The van der Waals surface area contributed by atoms with Crippen LogP contribution in [0.25, 0.3) is 0 Å². The molecule has 1 aromatic rings. The first kappa shape index (κ1) is 11.5. The van der Waals surface area contributed by atoms with Crippen LogP contribution in [0.2, 0.25) is 0 Å². The predicted octanol–water partition coefficient (Wildman–Crippen LogP) is -0.0999. The van der Waals surface area contributed by atoms with E-state index in [0.29, 0.717) is 5.69 Å². The van der Waals surface area contributed by atoms with E-state index >= 15 is 0 Å². The van der Waals surface area contributed by atoms with Crippen molar-refractivity contribution in [3.63, 3.8) is 0 Å². The Hall–Kier alpha value is -1.60. The molecule has 0 fully saturated rings. The second kappa shape index (κ2) is 4.28. The van der Waals surface area contributed by atoms with E-state index in [-0.39, 0.29) is 10.9 Å². The Balaban J connectivity index is 2.95. The summed E-state index contributed by atoms with van der Waals surface area (Å²) in [6.45, 7) is 0. The van der Waals surface area contributed by atoms with Crippen LogP contribution in [0.4, 0.5) is 5.69 Å². The van der Waals surface area contributed by atoms with Gasteiger partial charge >= 0.3 is 0 Å². The Morgan fingerprint density at radius 3 is 2.27 bits per heavy atom. The lowest BCUT2D eigenvalue weighted by atomic mass is 10.3. The van der Waals surface area contributed by atoms with E-state index in [1.165, 1.54) is 31.3 Å². The molecule has 5 N–H and O–H groups in total. The zero-order valence-electron chi connectivity index (χ0n) is 8.11. The summed E-state index contributed by atoms with van der Waals surface area (Å²) in [7, 11) is -2.06. The summed E-state index contributed by atoms with van der Waals surface area (Å²) in [6, 6.07) is 5.92. The van der Waals surface area contributed by atoms with Crippen LogP contribution in [-0.4, -0.2) is 21.4 Å². The number of rotatable bonds is 3. The van der Waals surface area contributed by atoms with Crippen molar-refractivity contribution in [3.05, 3.63) is 24.3 Å². The summed E-state index contributed by atoms with van der Waals surface area (Å²) in [5.41, 5.74) is 5.68. The van der Waals surface area contributed by atoms with E-state index in [1.54, 1.807) is 0 Å². The summed E-state index contributed by atoms with van der Waals surface area (Å²) in [5, 5.41) is 9.53. The summed E-state index contributed by atoms with van der Waals surface area (Å²) in [5.74, 6) is -0.195. The minimum atomic E-state index is -3.41. The molecule has 0 aliphatic rings. The molecule has 0 aliphatic carbocycles. The highest BCUT2D eigenvalue weighted by Crippen LogP contribution is 2.13. The Bertz CT molecular complexity index is 452. The smallest absolute Gasteiger partial charge is 0.240 e. The summed E-state index contributed by atoms with van der Waals surface area (Å²) in [6.07, 6.45) is 0. The maximum atomic E-state index is 11.3. The molecule has 0 unspecified atom stereocenters. The third-order valence-electron chi connectivity index (χ3n) is 1.71. The first-order valence-electron chi connectivity index (χ1n) is 4.10. The molecular formula is C8H12N4O2S. The van der Waals surface area contributed by atoms with Crippen molar-refractivity contribution in [2.24, 2.45) is 5.73 Å². The number of sulfonamides is 1. The number of hydrogen-bond acceptors (Lipinski definition) is 3. The van der Waals surface area contributed by atoms with Crippen molar-refractivity contribution in [1.82, 2.24) is 4.72 Å². The van der Waals surface area contributed by atoms with Gasteiger partial charge in [0.1, 0.15) is 0 Å². The fraction of sp³-hybridized carbons (Fsp3) is 0.125. The van der Waals surface area contributed by atoms with Crippen LogP contribution in [-0.2, 0) is 10.0 Å². The van der Waals surface area contributed by atoms with Gasteiger partial charge < -0.3 is 11.1 Å². The molecule has 0 saturated heterocycles. The van der Waals surface area contributed by atoms with E-state index in [9.17, 15) is 8.42 Å². The van der Waals surface area contributed by atoms with Crippen molar-refractivity contribution < 1.29 is 8.42 Å². The predicted molar refractivity (Wildman–Crippen MR) is 58.2 cm³/mol. The Kier molecular flexibility index (Phi) is 3.28. The molecule has 0 amide bonds. The Morgan fingerprint density at radius 2 is 1.87 bits per heavy atom. The molecule has 0 spiro atoms. The zero-order chi connectivity index (χ0) is 11.5. The Labute approximate surface area is 88.0 Å². The van der Waals surface area contributed by atoms with Crippen LogP contribution < -0.4 is 15.8 Å².